The molecule has 1 amide bonds. The second-order valence-corrected chi connectivity index (χ2v) is 7.27. The number of nitrogens with zero attached hydrogens (tertiary/aromatic N) is 2. The molecule has 2 fully saturated rings. The van der Waals surface area contributed by atoms with Crippen molar-refractivity contribution in [2.24, 2.45) is 11.8 Å². The van der Waals surface area contributed by atoms with Crippen molar-refractivity contribution in [2.45, 2.75) is 31.9 Å². The van der Waals surface area contributed by atoms with E-state index in [9.17, 15) is 14.7 Å². The molecule has 0 bridgehead atoms. The van der Waals surface area contributed by atoms with Gasteiger partial charge in [-0.2, -0.15) is 0 Å². The zero-order valence-electron chi connectivity index (χ0n) is 15.0. The number of ether oxygens (including phenoxy) is 1. The third-order valence-electron chi connectivity index (χ3n) is 5.61. The number of fused-ring (bicyclic) bond motifs is 1. The van der Waals surface area contributed by atoms with Crippen LogP contribution in [0.3, 0.4) is 0 Å². The van der Waals surface area contributed by atoms with E-state index in [4.69, 9.17) is 4.74 Å². The Labute approximate surface area is 157 Å². The van der Waals surface area contributed by atoms with Gasteiger partial charge < -0.3 is 14.7 Å². The maximum absolute atomic E-state index is 13.0. The van der Waals surface area contributed by atoms with Gasteiger partial charge in [-0.1, -0.05) is 18.6 Å². The Bertz CT molecular complexity index is 839. The first kappa shape index (κ1) is 17.5. The van der Waals surface area contributed by atoms with Crippen molar-refractivity contribution in [3.63, 3.8) is 0 Å². The van der Waals surface area contributed by atoms with E-state index < -0.39 is 12.0 Å². The maximum atomic E-state index is 13.0. The van der Waals surface area contributed by atoms with E-state index in [1.165, 1.54) is 4.90 Å². The summed E-state index contributed by atoms with van der Waals surface area (Å²) in [5, 5.41) is 9.67. The molecule has 2 heterocycles. The fourth-order valence-corrected chi connectivity index (χ4v) is 4.37. The van der Waals surface area contributed by atoms with Gasteiger partial charge in [-0.3, -0.25) is 9.78 Å². The minimum Gasteiger partial charge on any atom is -0.489 e. The molecule has 0 radical (unpaired) electrons. The van der Waals surface area contributed by atoms with Crippen molar-refractivity contribution in [3.05, 3.63) is 59.9 Å². The van der Waals surface area contributed by atoms with Crippen LogP contribution in [0.25, 0.3) is 0 Å². The lowest BCUT2D eigenvalue weighted by molar-refractivity contribution is -0.142. The fourth-order valence-electron chi connectivity index (χ4n) is 4.37. The minimum absolute atomic E-state index is 0.0801. The van der Waals surface area contributed by atoms with Crippen LogP contribution < -0.4 is 4.74 Å². The van der Waals surface area contributed by atoms with Crippen molar-refractivity contribution >= 4 is 11.9 Å². The molecule has 1 saturated heterocycles. The van der Waals surface area contributed by atoms with E-state index in [-0.39, 0.29) is 11.8 Å². The third-order valence-corrected chi connectivity index (χ3v) is 5.61. The van der Waals surface area contributed by atoms with Gasteiger partial charge in [0.25, 0.3) is 5.91 Å². The number of carbonyl (C=O) groups is 2. The Hall–Kier alpha value is -2.89. The van der Waals surface area contributed by atoms with E-state index in [1.807, 2.05) is 12.1 Å². The van der Waals surface area contributed by atoms with Crippen LogP contribution in [0.15, 0.2) is 48.8 Å². The Balaban J connectivity index is 1.49. The van der Waals surface area contributed by atoms with Gasteiger partial charge in [-0.25, -0.2) is 4.79 Å². The van der Waals surface area contributed by atoms with Gasteiger partial charge in [0.15, 0.2) is 0 Å². The van der Waals surface area contributed by atoms with Crippen LogP contribution in [-0.2, 0) is 11.4 Å². The topological polar surface area (TPSA) is 79.7 Å². The summed E-state index contributed by atoms with van der Waals surface area (Å²) in [6, 6.07) is 10.00. The zero-order valence-corrected chi connectivity index (χ0v) is 15.0. The number of carbonyl (C=O) groups excluding carboxylic acids is 1. The summed E-state index contributed by atoms with van der Waals surface area (Å²) in [5.74, 6) is -0.169. The van der Waals surface area contributed by atoms with E-state index >= 15 is 0 Å². The molecule has 0 spiro atoms. The number of carboxylic acid groups (broad SMARTS) is 1. The quantitative estimate of drug-likeness (QED) is 0.880. The molecule has 4 rings (SSSR count). The van der Waals surface area contributed by atoms with Crippen molar-refractivity contribution in [1.29, 1.82) is 0 Å². The number of likely N-dealkylation sites (tertiary alicyclic amines) is 1. The molecule has 1 aromatic heterocycles. The first-order chi connectivity index (χ1) is 13.1. The molecule has 6 nitrogen and oxygen atoms in total. The molecule has 1 aliphatic heterocycles. The predicted molar refractivity (Wildman–Crippen MR) is 98.3 cm³/mol. The Kier molecular flexibility index (Phi) is 4.79. The van der Waals surface area contributed by atoms with Crippen molar-refractivity contribution in [2.75, 3.05) is 6.54 Å². The Morgan fingerprint density at radius 3 is 2.89 bits per heavy atom. The molecule has 2 aliphatic rings. The number of pyridine rings is 1. The van der Waals surface area contributed by atoms with Crippen LogP contribution in [0.2, 0.25) is 0 Å². The van der Waals surface area contributed by atoms with E-state index in [2.05, 4.69) is 4.98 Å². The first-order valence-electron chi connectivity index (χ1n) is 9.29. The van der Waals surface area contributed by atoms with Gasteiger partial charge in [0, 0.05) is 30.1 Å². The van der Waals surface area contributed by atoms with Crippen LogP contribution >= 0.6 is 0 Å². The van der Waals surface area contributed by atoms with Crippen molar-refractivity contribution in [1.82, 2.24) is 9.88 Å². The van der Waals surface area contributed by atoms with Crippen LogP contribution in [0.5, 0.6) is 5.75 Å². The number of amides is 1. The molecule has 1 aliphatic carbocycles. The van der Waals surface area contributed by atoms with E-state index in [0.717, 1.165) is 24.8 Å². The number of aromatic nitrogens is 1. The second kappa shape index (κ2) is 7.39. The SMILES string of the molecule is O=C(O)C1C2CCCC2CN1C(=O)c1cccc(OCc2cccnc2)c1. The summed E-state index contributed by atoms with van der Waals surface area (Å²) >= 11 is 0. The van der Waals surface area contributed by atoms with Gasteiger partial charge in [0.05, 0.1) is 0 Å². The molecular weight excluding hydrogens is 344 g/mol. The van der Waals surface area contributed by atoms with Crippen molar-refractivity contribution < 1.29 is 19.4 Å². The summed E-state index contributed by atoms with van der Waals surface area (Å²) in [5.41, 5.74) is 1.40. The van der Waals surface area contributed by atoms with E-state index in [1.54, 1.807) is 36.7 Å². The van der Waals surface area contributed by atoms with Crippen LogP contribution in [0, 0.1) is 11.8 Å². The molecule has 6 heteroatoms. The number of aliphatic carboxylic acids is 1. The Morgan fingerprint density at radius 2 is 2.11 bits per heavy atom. The zero-order chi connectivity index (χ0) is 18.8. The molecule has 3 unspecified atom stereocenters. The van der Waals surface area contributed by atoms with Crippen LogP contribution in [0.1, 0.15) is 35.2 Å². The Morgan fingerprint density at radius 1 is 1.22 bits per heavy atom. The van der Waals surface area contributed by atoms with Crippen molar-refractivity contribution in [3.8, 4) is 5.75 Å². The summed E-state index contributed by atoms with van der Waals surface area (Å²) in [6.07, 6.45) is 6.38. The normalized spacial score (nSPS) is 23.9. The molecule has 1 saturated carbocycles. The van der Waals surface area contributed by atoms with Gasteiger partial charge in [-0.15, -0.1) is 0 Å². The van der Waals surface area contributed by atoms with Gasteiger partial charge >= 0.3 is 5.97 Å². The summed E-state index contributed by atoms with van der Waals surface area (Å²) in [6.45, 7) is 0.887. The fraction of sp³-hybridized carbons (Fsp3) is 0.381. The maximum Gasteiger partial charge on any atom is 0.326 e. The van der Waals surface area contributed by atoms with Gasteiger partial charge in [-0.05, 0) is 48.9 Å². The number of hydrogen-bond acceptors (Lipinski definition) is 4. The highest BCUT2D eigenvalue weighted by Crippen LogP contribution is 2.42. The molecule has 2 aromatic rings. The molecule has 3 atom stereocenters. The smallest absolute Gasteiger partial charge is 0.326 e. The summed E-state index contributed by atoms with van der Waals surface area (Å²) in [4.78, 5) is 30.4. The standard InChI is InChI=1S/C21H22N2O4/c24-20(23-12-16-6-2-8-18(16)19(23)21(25)26)15-5-1-7-17(10-15)27-13-14-4-3-9-22-11-14/h1,3-5,7,9-11,16,18-19H,2,6,8,12-13H2,(H,25,26). The number of hydrogen-bond donors (Lipinski definition) is 1. The molecule has 1 aromatic carbocycles. The lowest BCUT2D eigenvalue weighted by atomic mass is 9.94. The average Bonchev–Trinajstić information content (AvgIpc) is 3.27. The predicted octanol–water partition coefficient (Wildman–Crippen LogP) is 2.99. The molecule has 1 N–H and O–H groups in total. The lowest BCUT2D eigenvalue weighted by Gasteiger charge is -2.24. The largest absolute Gasteiger partial charge is 0.489 e. The summed E-state index contributed by atoms with van der Waals surface area (Å²) in [7, 11) is 0. The number of benzene rings is 1. The summed E-state index contributed by atoms with van der Waals surface area (Å²) < 4.78 is 5.77. The highest BCUT2D eigenvalue weighted by molar-refractivity contribution is 5.97. The first-order valence-corrected chi connectivity index (χ1v) is 9.29. The third kappa shape index (κ3) is 3.52. The molecule has 27 heavy (non-hydrogen) atoms. The number of rotatable bonds is 5. The molecular formula is C21H22N2O4. The second-order valence-electron chi connectivity index (χ2n) is 7.27. The highest BCUT2D eigenvalue weighted by atomic mass is 16.5. The monoisotopic (exact) mass is 366 g/mol. The lowest BCUT2D eigenvalue weighted by Crippen LogP contribution is -2.43. The minimum atomic E-state index is -0.901. The average molecular weight is 366 g/mol. The number of carboxylic acids is 1. The van der Waals surface area contributed by atoms with Crippen LogP contribution in [0.4, 0.5) is 0 Å². The van der Waals surface area contributed by atoms with Gasteiger partial charge in [0.1, 0.15) is 18.4 Å². The highest BCUT2D eigenvalue weighted by Gasteiger charge is 2.49. The molecule has 140 valence electrons. The van der Waals surface area contributed by atoms with E-state index in [0.29, 0.717) is 30.4 Å². The van der Waals surface area contributed by atoms with Crippen LogP contribution in [-0.4, -0.2) is 39.5 Å². The van der Waals surface area contributed by atoms with Gasteiger partial charge in [0.2, 0.25) is 0 Å².